The van der Waals surface area contributed by atoms with Crippen LogP contribution in [0, 0.1) is 0 Å². The largest absolute Gasteiger partial charge is 0.494 e. The number of unbranched alkanes of at least 4 members (excludes halogenated alkanes) is 3. The zero-order valence-corrected chi connectivity index (χ0v) is 17.3. The Labute approximate surface area is 171 Å². The molecule has 0 saturated carbocycles. The topological polar surface area (TPSA) is 38.3 Å². The Hall–Kier alpha value is -1.91. The van der Waals surface area contributed by atoms with E-state index in [-0.39, 0.29) is 5.78 Å². The third kappa shape index (κ3) is 8.10. The van der Waals surface area contributed by atoms with Gasteiger partial charge in [-0.3, -0.25) is 4.79 Å². The van der Waals surface area contributed by atoms with Gasteiger partial charge >= 0.3 is 0 Å². The highest BCUT2D eigenvalue weighted by Crippen LogP contribution is 2.17. The molecule has 0 radical (unpaired) electrons. The van der Waals surface area contributed by atoms with Crippen LogP contribution in [0.4, 0.5) is 0 Å². The summed E-state index contributed by atoms with van der Waals surface area (Å²) in [6, 6.07) is 14.8. The van der Waals surface area contributed by atoms with Crippen LogP contribution in [-0.4, -0.2) is 25.5 Å². The van der Waals surface area contributed by atoms with E-state index < -0.39 is 0 Å². The quantitative estimate of drug-likeness (QED) is 0.249. The van der Waals surface area contributed by atoms with E-state index in [1.54, 1.807) is 0 Å². The van der Waals surface area contributed by atoms with Crippen molar-refractivity contribution >= 4 is 21.7 Å². The van der Waals surface area contributed by atoms with Gasteiger partial charge in [0.1, 0.15) is 5.75 Å². The van der Waals surface area contributed by atoms with Gasteiger partial charge in [0.15, 0.2) is 5.78 Å². The number of hydrogen-bond acceptors (Lipinski definition) is 3. The van der Waals surface area contributed by atoms with Crippen molar-refractivity contribution in [3.8, 4) is 5.75 Å². The molecule has 2 rings (SSSR count). The lowest BCUT2D eigenvalue weighted by atomic mass is 10.0. The highest BCUT2D eigenvalue weighted by atomic mass is 79.9. The van der Waals surface area contributed by atoms with Crippen LogP contribution in [0.1, 0.15) is 48.0 Å². The van der Waals surface area contributed by atoms with Crippen molar-refractivity contribution in [2.45, 2.75) is 32.1 Å². The Morgan fingerprint density at radius 1 is 0.926 bits per heavy atom. The second kappa shape index (κ2) is 12.5. The molecule has 0 amide bonds. The highest BCUT2D eigenvalue weighted by Gasteiger charge is 2.08. The van der Waals surface area contributed by atoms with Gasteiger partial charge < -0.3 is 10.1 Å². The summed E-state index contributed by atoms with van der Waals surface area (Å²) in [6.45, 7) is 6.52. The zero-order chi connectivity index (χ0) is 19.3. The lowest BCUT2D eigenvalue weighted by molar-refractivity contribution is 0.103. The standard InChI is InChI=1S/C23H28BrNO2/c1-2-3-16-25-17-6-4-5-7-18-27-22-14-10-20(11-15-22)23(26)19-8-12-21(24)13-9-19/h2,8-15,25H,1,3-7,16-18H2. The number of benzene rings is 2. The van der Waals surface area contributed by atoms with Crippen LogP contribution in [0.15, 0.2) is 65.7 Å². The molecule has 0 saturated heterocycles. The summed E-state index contributed by atoms with van der Waals surface area (Å²) in [4.78, 5) is 12.4. The number of halogens is 1. The fourth-order valence-electron chi connectivity index (χ4n) is 2.70. The minimum Gasteiger partial charge on any atom is -0.494 e. The SMILES string of the molecule is C=CCCNCCCCCCOc1ccc(C(=O)c2ccc(Br)cc2)cc1. The Bertz CT molecular complexity index is 695. The molecule has 1 N–H and O–H groups in total. The molecule has 0 spiro atoms. The van der Waals surface area contributed by atoms with E-state index in [0.29, 0.717) is 17.7 Å². The normalized spacial score (nSPS) is 10.6. The first-order valence-electron chi connectivity index (χ1n) is 9.55. The molecule has 3 nitrogen and oxygen atoms in total. The van der Waals surface area contributed by atoms with Crippen molar-refractivity contribution in [2.24, 2.45) is 0 Å². The van der Waals surface area contributed by atoms with Crippen molar-refractivity contribution in [3.63, 3.8) is 0 Å². The lowest BCUT2D eigenvalue weighted by Crippen LogP contribution is -2.15. The van der Waals surface area contributed by atoms with Crippen molar-refractivity contribution in [2.75, 3.05) is 19.7 Å². The molecule has 0 aliphatic carbocycles. The summed E-state index contributed by atoms with van der Waals surface area (Å²) in [5, 5.41) is 3.40. The molecule has 2 aromatic carbocycles. The third-order valence-electron chi connectivity index (χ3n) is 4.26. The molecular formula is C23H28BrNO2. The average molecular weight is 430 g/mol. The maximum Gasteiger partial charge on any atom is 0.193 e. The predicted octanol–water partition coefficient (Wildman–Crippen LogP) is 5.79. The van der Waals surface area contributed by atoms with Gasteiger partial charge in [-0.15, -0.1) is 6.58 Å². The second-order valence-electron chi connectivity index (χ2n) is 6.45. The first-order valence-corrected chi connectivity index (χ1v) is 10.3. The molecule has 0 heterocycles. The lowest BCUT2D eigenvalue weighted by Gasteiger charge is -2.08. The Kier molecular flexibility index (Phi) is 9.88. The van der Waals surface area contributed by atoms with Crippen molar-refractivity contribution in [1.82, 2.24) is 5.32 Å². The number of carbonyl (C=O) groups excluding carboxylic acids is 1. The molecule has 2 aromatic rings. The van der Waals surface area contributed by atoms with Gasteiger partial charge in [0.2, 0.25) is 0 Å². The van der Waals surface area contributed by atoms with Crippen LogP contribution in [0.25, 0.3) is 0 Å². The summed E-state index contributed by atoms with van der Waals surface area (Å²) < 4.78 is 6.74. The summed E-state index contributed by atoms with van der Waals surface area (Å²) in [7, 11) is 0. The maximum absolute atomic E-state index is 12.4. The van der Waals surface area contributed by atoms with Crippen LogP contribution in [0.5, 0.6) is 5.75 Å². The number of ketones is 1. The molecule has 0 fully saturated rings. The molecule has 144 valence electrons. The van der Waals surface area contributed by atoms with Crippen LogP contribution in [0.3, 0.4) is 0 Å². The molecule has 27 heavy (non-hydrogen) atoms. The minimum atomic E-state index is 0.0238. The summed E-state index contributed by atoms with van der Waals surface area (Å²) >= 11 is 3.38. The maximum atomic E-state index is 12.4. The number of rotatable bonds is 13. The van der Waals surface area contributed by atoms with E-state index in [0.717, 1.165) is 36.2 Å². The van der Waals surface area contributed by atoms with E-state index in [2.05, 4.69) is 27.8 Å². The zero-order valence-electron chi connectivity index (χ0n) is 15.8. The molecule has 0 bridgehead atoms. The van der Waals surface area contributed by atoms with Crippen LogP contribution in [-0.2, 0) is 0 Å². The van der Waals surface area contributed by atoms with Gasteiger partial charge in [-0.05, 0) is 80.9 Å². The van der Waals surface area contributed by atoms with E-state index in [1.807, 2.05) is 54.6 Å². The number of carbonyl (C=O) groups is 1. The smallest absolute Gasteiger partial charge is 0.193 e. The molecule has 0 atom stereocenters. The van der Waals surface area contributed by atoms with E-state index in [9.17, 15) is 4.79 Å². The number of nitrogens with one attached hydrogen (secondary N) is 1. The second-order valence-corrected chi connectivity index (χ2v) is 7.37. The number of ether oxygens (including phenoxy) is 1. The van der Waals surface area contributed by atoms with Crippen LogP contribution < -0.4 is 10.1 Å². The predicted molar refractivity (Wildman–Crippen MR) is 116 cm³/mol. The summed E-state index contributed by atoms with van der Waals surface area (Å²) in [5.74, 6) is 0.837. The van der Waals surface area contributed by atoms with E-state index >= 15 is 0 Å². The summed E-state index contributed by atoms with van der Waals surface area (Å²) in [6.07, 6.45) is 7.60. The number of hydrogen-bond donors (Lipinski definition) is 1. The monoisotopic (exact) mass is 429 g/mol. The fraction of sp³-hybridized carbons (Fsp3) is 0.348. The molecule has 0 aliphatic rings. The molecular weight excluding hydrogens is 402 g/mol. The van der Waals surface area contributed by atoms with Gasteiger partial charge in [-0.2, -0.15) is 0 Å². The highest BCUT2D eigenvalue weighted by molar-refractivity contribution is 9.10. The first-order chi connectivity index (χ1) is 13.2. The molecule has 0 aliphatic heterocycles. The Morgan fingerprint density at radius 2 is 1.56 bits per heavy atom. The van der Waals surface area contributed by atoms with Crippen molar-refractivity contribution in [3.05, 3.63) is 76.8 Å². The molecule has 0 aromatic heterocycles. The van der Waals surface area contributed by atoms with Crippen molar-refractivity contribution in [1.29, 1.82) is 0 Å². The Balaban J connectivity index is 1.63. The van der Waals surface area contributed by atoms with Gasteiger partial charge in [0.05, 0.1) is 6.61 Å². The van der Waals surface area contributed by atoms with Crippen LogP contribution in [0.2, 0.25) is 0 Å². The van der Waals surface area contributed by atoms with Crippen molar-refractivity contribution < 1.29 is 9.53 Å². The third-order valence-corrected chi connectivity index (χ3v) is 4.79. The molecule has 0 unspecified atom stereocenters. The van der Waals surface area contributed by atoms with Gasteiger partial charge in [0, 0.05) is 15.6 Å². The van der Waals surface area contributed by atoms with E-state index in [1.165, 1.54) is 19.3 Å². The van der Waals surface area contributed by atoms with E-state index in [4.69, 9.17) is 4.74 Å². The Morgan fingerprint density at radius 3 is 2.22 bits per heavy atom. The van der Waals surface area contributed by atoms with Gasteiger partial charge in [-0.25, -0.2) is 0 Å². The fourth-order valence-corrected chi connectivity index (χ4v) is 2.96. The molecule has 4 heteroatoms. The van der Waals surface area contributed by atoms with Crippen LogP contribution >= 0.6 is 15.9 Å². The van der Waals surface area contributed by atoms with Gasteiger partial charge in [0.25, 0.3) is 0 Å². The minimum absolute atomic E-state index is 0.0238. The summed E-state index contributed by atoms with van der Waals surface area (Å²) in [5.41, 5.74) is 1.36. The first kappa shape index (κ1) is 21.4. The van der Waals surface area contributed by atoms with Gasteiger partial charge in [-0.1, -0.05) is 34.8 Å². The average Bonchev–Trinajstić information content (AvgIpc) is 2.70.